The predicted molar refractivity (Wildman–Crippen MR) is 83.9 cm³/mol. The van der Waals surface area contributed by atoms with Gasteiger partial charge in [-0.3, -0.25) is 4.79 Å². The van der Waals surface area contributed by atoms with Crippen molar-refractivity contribution in [2.45, 2.75) is 6.54 Å². The van der Waals surface area contributed by atoms with Gasteiger partial charge in [-0.2, -0.15) is 0 Å². The summed E-state index contributed by atoms with van der Waals surface area (Å²) in [4.78, 5) is 14.4. The Morgan fingerprint density at radius 2 is 2.00 bits per heavy atom. The molecule has 0 atom stereocenters. The van der Waals surface area contributed by atoms with Crippen molar-refractivity contribution in [1.29, 1.82) is 0 Å². The molecule has 0 saturated carbocycles. The van der Waals surface area contributed by atoms with Crippen LogP contribution in [0.3, 0.4) is 0 Å². The maximum atomic E-state index is 14.0. The van der Waals surface area contributed by atoms with Crippen LogP contribution in [0.5, 0.6) is 0 Å². The summed E-state index contributed by atoms with van der Waals surface area (Å²) < 4.78 is 14.5. The Morgan fingerprint density at radius 1 is 1.19 bits per heavy atom. The lowest BCUT2D eigenvalue weighted by Crippen LogP contribution is -2.35. The van der Waals surface area contributed by atoms with E-state index in [0.717, 1.165) is 11.3 Å². The van der Waals surface area contributed by atoms with E-state index in [1.165, 1.54) is 6.07 Å². The molecule has 0 bridgehead atoms. The second kappa shape index (κ2) is 5.95. The number of para-hydroxylation sites is 1. The molecule has 0 radical (unpaired) electrons. The number of benzene rings is 2. The Morgan fingerprint density at radius 3 is 2.81 bits per heavy atom. The van der Waals surface area contributed by atoms with Crippen LogP contribution in [0.15, 0.2) is 46.9 Å². The summed E-state index contributed by atoms with van der Waals surface area (Å²) in [5.74, 6) is -0.833. The fourth-order valence-corrected chi connectivity index (χ4v) is 3.02. The second-order valence-electron chi connectivity index (χ2n) is 4.86. The molecule has 3 rings (SSSR count). The third-order valence-electron chi connectivity index (χ3n) is 3.53. The number of hydrogen-bond acceptors (Lipinski definition) is 2. The lowest BCUT2D eigenvalue weighted by atomic mass is 10.1. The summed E-state index contributed by atoms with van der Waals surface area (Å²) in [6.45, 7) is 1.89. The van der Waals surface area contributed by atoms with Crippen molar-refractivity contribution in [1.82, 2.24) is 5.32 Å². The molecule has 0 spiro atoms. The van der Waals surface area contributed by atoms with Crippen molar-refractivity contribution in [3.8, 4) is 0 Å². The third-order valence-corrected chi connectivity index (χ3v) is 4.19. The Balaban J connectivity index is 2.06. The van der Waals surface area contributed by atoms with E-state index in [-0.39, 0.29) is 11.5 Å². The number of anilines is 1. The van der Waals surface area contributed by atoms with Crippen LogP contribution in [0.25, 0.3) is 0 Å². The highest BCUT2D eigenvalue weighted by atomic mass is 79.9. The molecule has 2 aromatic carbocycles. The zero-order valence-electron chi connectivity index (χ0n) is 11.3. The van der Waals surface area contributed by atoms with Crippen LogP contribution in [-0.2, 0) is 6.54 Å². The van der Waals surface area contributed by atoms with Crippen molar-refractivity contribution in [3.63, 3.8) is 0 Å². The molecule has 21 heavy (non-hydrogen) atoms. The monoisotopic (exact) mass is 348 g/mol. The number of nitrogens with one attached hydrogen (secondary N) is 1. The van der Waals surface area contributed by atoms with Gasteiger partial charge < -0.3 is 10.2 Å². The normalized spacial score (nSPS) is 14.5. The first kappa shape index (κ1) is 14.2. The number of hydrogen-bond donors (Lipinski definition) is 1. The van der Waals surface area contributed by atoms with Gasteiger partial charge in [-0.1, -0.05) is 24.3 Å². The second-order valence-corrected chi connectivity index (χ2v) is 5.71. The third kappa shape index (κ3) is 2.71. The number of halogens is 2. The van der Waals surface area contributed by atoms with Crippen molar-refractivity contribution in [2.24, 2.45) is 0 Å². The molecule has 0 fully saturated rings. The van der Waals surface area contributed by atoms with Gasteiger partial charge in [0.15, 0.2) is 0 Å². The van der Waals surface area contributed by atoms with Gasteiger partial charge in [-0.15, -0.1) is 0 Å². The first-order chi connectivity index (χ1) is 10.2. The predicted octanol–water partition coefficient (Wildman–Crippen LogP) is 3.34. The van der Waals surface area contributed by atoms with E-state index in [1.54, 1.807) is 17.0 Å². The maximum Gasteiger partial charge on any atom is 0.262 e. The molecule has 1 aliphatic heterocycles. The fourth-order valence-electron chi connectivity index (χ4n) is 2.51. The Kier molecular flexibility index (Phi) is 4.03. The number of rotatable bonds is 1. The van der Waals surface area contributed by atoms with E-state index in [9.17, 15) is 9.18 Å². The molecular weight excluding hydrogens is 335 g/mol. The van der Waals surface area contributed by atoms with E-state index in [0.29, 0.717) is 24.1 Å². The molecule has 1 N–H and O–H groups in total. The summed E-state index contributed by atoms with van der Waals surface area (Å²) in [6.07, 6.45) is 0. The highest BCUT2D eigenvalue weighted by molar-refractivity contribution is 9.10. The van der Waals surface area contributed by atoms with Crippen LogP contribution in [-0.4, -0.2) is 19.0 Å². The van der Waals surface area contributed by atoms with Crippen LogP contribution >= 0.6 is 15.9 Å². The van der Waals surface area contributed by atoms with Crippen molar-refractivity contribution < 1.29 is 9.18 Å². The highest BCUT2D eigenvalue weighted by Crippen LogP contribution is 2.27. The van der Waals surface area contributed by atoms with Gasteiger partial charge in [0.2, 0.25) is 0 Å². The number of fused-ring (bicyclic) bond motifs is 1. The van der Waals surface area contributed by atoms with Crippen molar-refractivity contribution >= 4 is 27.5 Å². The van der Waals surface area contributed by atoms with Crippen molar-refractivity contribution in [3.05, 3.63) is 63.9 Å². The van der Waals surface area contributed by atoms with E-state index in [1.807, 2.05) is 24.3 Å². The molecule has 3 nitrogen and oxygen atoms in total. The van der Waals surface area contributed by atoms with Gasteiger partial charge in [0.05, 0.1) is 5.56 Å². The van der Waals surface area contributed by atoms with Gasteiger partial charge in [-0.25, -0.2) is 4.39 Å². The van der Waals surface area contributed by atoms with Gasteiger partial charge in [0, 0.05) is 29.8 Å². The SMILES string of the molecule is O=C(c1c(F)cccc1Br)N1CCNCc2ccccc21. The lowest BCUT2D eigenvalue weighted by molar-refractivity contribution is 0.0983. The van der Waals surface area contributed by atoms with Crippen LogP contribution < -0.4 is 10.2 Å². The summed E-state index contributed by atoms with van der Waals surface area (Å²) in [5, 5.41) is 3.27. The van der Waals surface area contributed by atoms with Gasteiger partial charge in [0.25, 0.3) is 5.91 Å². The minimum absolute atomic E-state index is 0.0780. The van der Waals surface area contributed by atoms with E-state index in [2.05, 4.69) is 21.2 Å². The topological polar surface area (TPSA) is 32.3 Å². The molecule has 0 unspecified atom stereocenters. The van der Waals surface area contributed by atoms with Crippen LogP contribution in [0, 0.1) is 5.82 Å². The highest BCUT2D eigenvalue weighted by Gasteiger charge is 2.25. The fraction of sp³-hybridized carbons (Fsp3) is 0.188. The standard InChI is InChI=1S/C16H14BrFN2O/c17-12-5-3-6-13(18)15(12)16(21)20-9-8-19-10-11-4-1-2-7-14(11)20/h1-7,19H,8-10H2. The minimum Gasteiger partial charge on any atom is -0.311 e. The number of carbonyl (C=O) groups excluding carboxylic acids is 1. The average Bonchev–Trinajstić information content (AvgIpc) is 2.69. The van der Waals surface area contributed by atoms with E-state index in [4.69, 9.17) is 0 Å². The maximum absolute atomic E-state index is 14.0. The number of nitrogens with zero attached hydrogens (tertiary/aromatic N) is 1. The molecule has 0 aromatic heterocycles. The Labute approximate surface area is 130 Å². The molecule has 108 valence electrons. The zero-order valence-corrected chi connectivity index (χ0v) is 12.9. The van der Waals surface area contributed by atoms with E-state index >= 15 is 0 Å². The summed E-state index contributed by atoms with van der Waals surface area (Å²) >= 11 is 3.27. The van der Waals surface area contributed by atoms with E-state index < -0.39 is 5.82 Å². The summed E-state index contributed by atoms with van der Waals surface area (Å²) in [5.41, 5.74) is 1.95. The molecular formula is C16H14BrFN2O. The quantitative estimate of drug-likeness (QED) is 0.857. The summed E-state index contributed by atoms with van der Waals surface area (Å²) in [7, 11) is 0. The van der Waals surface area contributed by atoms with Gasteiger partial charge >= 0.3 is 0 Å². The molecule has 0 aliphatic carbocycles. The Hall–Kier alpha value is -1.72. The van der Waals surface area contributed by atoms with Crippen LogP contribution in [0.4, 0.5) is 10.1 Å². The Bertz CT molecular complexity index is 669. The molecule has 0 saturated heterocycles. The number of carbonyl (C=O) groups is 1. The number of amides is 1. The zero-order chi connectivity index (χ0) is 14.8. The van der Waals surface area contributed by atoms with Gasteiger partial charge in [-0.05, 0) is 39.7 Å². The molecule has 1 aliphatic rings. The largest absolute Gasteiger partial charge is 0.311 e. The van der Waals surface area contributed by atoms with Crippen molar-refractivity contribution in [2.75, 3.05) is 18.0 Å². The average molecular weight is 349 g/mol. The first-order valence-electron chi connectivity index (χ1n) is 6.73. The smallest absolute Gasteiger partial charge is 0.262 e. The molecule has 1 heterocycles. The van der Waals surface area contributed by atoms with Crippen LogP contribution in [0.2, 0.25) is 0 Å². The van der Waals surface area contributed by atoms with Gasteiger partial charge in [0.1, 0.15) is 5.82 Å². The first-order valence-corrected chi connectivity index (χ1v) is 7.52. The van der Waals surface area contributed by atoms with Crippen LogP contribution in [0.1, 0.15) is 15.9 Å². The lowest BCUT2D eigenvalue weighted by Gasteiger charge is -2.23. The molecule has 5 heteroatoms. The minimum atomic E-state index is -0.510. The summed E-state index contributed by atoms with van der Waals surface area (Å²) in [6, 6.07) is 12.3. The molecule has 1 amide bonds. The molecule has 2 aromatic rings.